The van der Waals surface area contributed by atoms with Crippen LogP contribution in [0.15, 0.2) is 0 Å². The molecule has 1 aliphatic rings. The first kappa shape index (κ1) is 74.6. The number of carbonyl (C=O) groups excluding carboxylic acids is 4. The van der Waals surface area contributed by atoms with Crippen molar-refractivity contribution in [2.24, 2.45) is 17.8 Å². The molecule has 0 aromatic carbocycles. The Morgan fingerprint density at radius 3 is 1.32 bits per heavy atom. The number of amides is 1. The molecule has 79 heavy (non-hydrogen) atoms. The van der Waals surface area contributed by atoms with Crippen molar-refractivity contribution < 1.29 is 61.8 Å². The van der Waals surface area contributed by atoms with Crippen molar-refractivity contribution in [3.05, 3.63) is 0 Å². The van der Waals surface area contributed by atoms with Crippen molar-refractivity contribution in [1.82, 2.24) is 9.80 Å². The Balaban J connectivity index is 2.65. The molecule has 0 spiro atoms. The first-order chi connectivity index (χ1) is 38.7. The third-order valence-electron chi connectivity index (χ3n) is 15.1. The second-order valence-corrected chi connectivity index (χ2v) is 22.3. The zero-order chi connectivity index (χ0) is 57.5. The summed E-state index contributed by atoms with van der Waals surface area (Å²) in [6, 6.07) is 0. The van der Waals surface area contributed by atoms with E-state index in [0.717, 1.165) is 161 Å². The van der Waals surface area contributed by atoms with Crippen LogP contribution in [-0.2, 0) is 61.8 Å². The van der Waals surface area contributed by atoms with Gasteiger partial charge in [-0.1, -0.05) is 157 Å². The highest BCUT2D eigenvalue weighted by Gasteiger charge is 2.27. The molecule has 1 aliphatic heterocycles. The molecule has 466 valence electrons. The summed E-state index contributed by atoms with van der Waals surface area (Å²) in [4.78, 5) is 56.6. The number of hydrogen-bond acceptors (Lipinski definition) is 14. The van der Waals surface area contributed by atoms with Crippen LogP contribution in [0.3, 0.4) is 0 Å². The van der Waals surface area contributed by atoms with Gasteiger partial charge < -0.3 is 52.4 Å². The van der Waals surface area contributed by atoms with E-state index < -0.39 is 6.10 Å². The highest BCUT2D eigenvalue weighted by atomic mass is 16.6. The van der Waals surface area contributed by atoms with Crippen LogP contribution in [0.2, 0.25) is 0 Å². The van der Waals surface area contributed by atoms with E-state index in [4.69, 9.17) is 42.6 Å². The van der Waals surface area contributed by atoms with Crippen LogP contribution in [0.4, 0.5) is 0 Å². The summed E-state index contributed by atoms with van der Waals surface area (Å²) in [6.45, 7) is 19.5. The second kappa shape index (κ2) is 56.1. The van der Waals surface area contributed by atoms with E-state index in [1.807, 2.05) is 4.90 Å². The molecule has 1 fully saturated rings. The fourth-order valence-corrected chi connectivity index (χ4v) is 9.82. The van der Waals surface area contributed by atoms with E-state index in [0.29, 0.717) is 92.4 Å². The third kappa shape index (κ3) is 43.9. The van der Waals surface area contributed by atoms with Gasteiger partial charge in [0.15, 0.2) is 6.10 Å². The van der Waals surface area contributed by atoms with Crippen molar-refractivity contribution in [2.75, 3.05) is 126 Å². The molecule has 1 saturated heterocycles. The van der Waals surface area contributed by atoms with Gasteiger partial charge in [0, 0.05) is 26.3 Å². The summed E-state index contributed by atoms with van der Waals surface area (Å²) in [6.07, 6.45) is 32.1. The van der Waals surface area contributed by atoms with Gasteiger partial charge in [0.05, 0.1) is 90.4 Å². The monoisotopic (exact) mass is 1130 g/mol. The average Bonchev–Trinajstić information content (AvgIpc) is 3.45. The Morgan fingerprint density at radius 2 is 0.810 bits per heavy atom. The van der Waals surface area contributed by atoms with Gasteiger partial charge in [-0.05, 0) is 104 Å². The SMILES string of the molecule is CCCCCCCCN(CCOCCOCCOCCOCCOC(=O)C1CCN(C)CC1)C(=O)C(COCCCCCCOC(=O)C(CCCC)CCCCCC)OCCCCCCOC(=O)C(CCCC)CCCCCC. The Kier molecular flexibility index (Phi) is 53.0. The molecule has 3 atom stereocenters. The minimum absolute atomic E-state index is 0.00637. The summed E-state index contributed by atoms with van der Waals surface area (Å²) >= 11 is 0. The smallest absolute Gasteiger partial charge is 0.309 e. The molecule has 15 heteroatoms. The van der Waals surface area contributed by atoms with E-state index >= 15 is 0 Å². The van der Waals surface area contributed by atoms with E-state index in [1.54, 1.807) is 0 Å². The van der Waals surface area contributed by atoms with Gasteiger partial charge in [0.2, 0.25) is 0 Å². The lowest BCUT2D eigenvalue weighted by molar-refractivity contribution is -0.152. The van der Waals surface area contributed by atoms with Crippen LogP contribution >= 0.6 is 0 Å². The molecule has 0 N–H and O–H groups in total. The molecule has 1 rings (SSSR count). The molecule has 0 radical (unpaired) electrons. The Labute approximate surface area is 483 Å². The summed E-state index contributed by atoms with van der Waals surface area (Å²) in [7, 11) is 2.07. The van der Waals surface area contributed by atoms with Gasteiger partial charge in [-0.2, -0.15) is 0 Å². The van der Waals surface area contributed by atoms with E-state index in [-0.39, 0.29) is 54.8 Å². The Hall–Kier alpha value is -2.40. The summed E-state index contributed by atoms with van der Waals surface area (Å²) in [5, 5.41) is 0. The summed E-state index contributed by atoms with van der Waals surface area (Å²) < 4.78 is 52.4. The van der Waals surface area contributed by atoms with Gasteiger partial charge in [0.1, 0.15) is 6.61 Å². The van der Waals surface area contributed by atoms with Crippen LogP contribution in [0.1, 0.15) is 240 Å². The zero-order valence-corrected chi connectivity index (χ0v) is 51.9. The van der Waals surface area contributed by atoms with Gasteiger partial charge in [-0.15, -0.1) is 0 Å². The molecule has 1 heterocycles. The second-order valence-electron chi connectivity index (χ2n) is 22.3. The lowest BCUT2D eigenvalue weighted by Crippen LogP contribution is -2.45. The molecule has 0 aliphatic carbocycles. The largest absolute Gasteiger partial charge is 0.465 e. The molecule has 0 saturated carbocycles. The van der Waals surface area contributed by atoms with Crippen LogP contribution in [0.5, 0.6) is 0 Å². The van der Waals surface area contributed by atoms with Crippen molar-refractivity contribution in [3.8, 4) is 0 Å². The molecule has 15 nitrogen and oxygen atoms in total. The number of piperidine rings is 1. The normalized spacial score (nSPS) is 14.3. The number of nitrogens with zero attached hydrogens (tertiary/aromatic N) is 2. The summed E-state index contributed by atoms with van der Waals surface area (Å²) in [5.74, 6) is -0.214. The van der Waals surface area contributed by atoms with E-state index in [1.165, 1.54) is 57.8 Å². The highest BCUT2D eigenvalue weighted by molar-refractivity contribution is 5.81. The molecule has 0 bridgehead atoms. The minimum Gasteiger partial charge on any atom is -0.465 e. The molecular weight excluding hydrogens is 1000 g/mol. The number of carbonyl (C=O) groups is 4. The maximum absolute atomic E-state index is 14.4. The van der Waals surface area contributed by atoms with Crippen molar-refractivity contribution in [3.63, 3.8) is 0 Å². The molecule has 0 aromatic rings. The number of likely N-dealkylation sites (tertiary alicyclic amines) is 1. The lowest BCUT2D eigenvalue weighted by Gasteiger charge is -2.28. The first-order valence-corrected chi connectivity index (χ1v) is 32.7. The maximum Gasteiger partial charge on any atom is 0.309 e. The van der Waals surface area contributed by atoms with Crippen molar-refractivity contribution in [2.45, 2.75) is 246 Å². The van der Waals surface area contributed by atoms with Crippen molar-refractivity contribution >= 4 is 23.8 Å². The minimum atomic E-state index is -0.722. The third-order valence-corrected chi connectivity index (χ3v) is 15.1. The van der Waals surface area contributed by atoms with Crippen LogP contribution < -0.4 is 0 Å². The van der Waals surface area contributed by atoms with Gasteiger partial charge in [-0.3, -0.25) is 19.2 Å². The number of rotatable bonds is 59. The molecular formula is C64H122N2O13. The molecule has 0 aromatic heterocycles. The standard InChI is InChI=1S/C64H122N2O13/c1-7-12-17-20-21-28-39-66(42-47-71-48-49-72-50-51-73-52-53-74-54-55-79-64(70)59-37-40-65(6)41-38-59)61(67)60(76-44-30-24-25-32-46-78-63(69)58(34-16-11-5)36-27-19-14-9-3)56-75-43-29-22-23-31-45-77-62(68)57(33-15-10-4)35-26-18-13-8-2/h57-60H,7-56H2,1-6H3. The average molecular weight is 1130 g/mol. The fourth-order valence-electron chi connectivity index (χ4n) is 9.82. The zero-order valence-electron chi connectivity index (χ0n) is 51.9. The highest BCUT2D eigenvalue weighted by Crippen LogP contribution is 2.22. The van der Waals surface area contributed by atoms with Gasteiger partial charge in [0.25, 0.3) is 5.91 Å². The lowest BCUT2D eigenvalue weighted by atomic mass is 9.95. The van der Waals surface area contributed by atoms with Crippen LogP contribution in [0, 0.1) is 17.8 Å². The van der Waals surface area contributed by atoms with E-state index in [9.17, 15) is 19.2 Å². The predicted octanol–water partition coefficient (Wildman–Crippen LogP) is 13.3. The Bertz CT molecular complexity index is 1380. The number of esters is 3. The fraction of sp³-hybridized carbons (Fsp3) is 0.938. The number of ether oxygens (including phenoxy) is 9. The van der Waals surface area contributed by atoms with Gasteiger partial charge >= 0.3 is 17.9 Å². The molecule has 1 amide bonds. The quantitative estimate of drug-likeness (QED) is 0.0322. The van der Waals surface area contributed by atoms with Crippen LogP contribution in [0.25, 0.3) is 0 Å². The Morgan fingerprint density at radius 1 is 0.405 bits per heavy atom. The predicted molar refractivity (Wildman–Crippen MR) is 317 cm³/mol. The van der Waals surface area contributed by atoms with Crippen LogP contribution in [-0.4, -0.2) is 165 Å². The van der Waals surface area contributed by atoms with Gasteiger partial charge in [-0.25, -0.2) is 0 Å². The topological polar surface area (TPSA) is 158 Å². The number of hydrogen-bond donors (Lipinski definition) is 0. The maximum atomic E-state index is 14.4. The van der Waals surface area contributed by atoms with Crippen molar-refractivity contribution in [1.29, 1.82) is 0 Å². The number of unbranched alkanes of at least 4 members (excludes halogenated alkanes) is 19. The summed E-state index contributed by atoms with van der Waals surface area (Å²) in [5.41, 5.74) is 0. The first-order valence-electron chi connectivity index (χ1n) is 32.7. The van der Waals surface area contributed by atoms with E-state index in [2.05, 4.69) is 46.6 Å². The molecule has 3 unspecified atom stereocenters.